The van der Waals surface area contributed by atoms with Gasteiger partial charge in [-0.1, -0.05) is 6.92 Å². The molecule has 0 aliphatic heterocycles. The number of aryl methyl sites for hydroxylation is 1. The van der Waals surface area contributed by atoms with Gasteiger partial charge in [0.2, 0.25) is 5.91 Å². The van der Waals surface area contributed by atoms with E-state index in [1.54, 1.807) is 6.07 Å². The van der Waals surface area contributed by atoms with Gasteiger partial charge in [-0.25, -0.2) is 8.42 Å². The molecule has 0 spiro atoms. The van der Waals surface area contributed by atoms with Crippen LogP contribution in [-0.4, -0.2) is 38.8 Å². The van der Waals surface area contributed by atoms with Crippen molar-refractivity contribution in [1.82, 2.24) is 9.62 Å². The summed E-state index contributed by atoms with van der Waals surface area (Å²) in [6.45, 7) is 4.15. The van der Waals surface area contributed by atoms with Gasteiger partial charge in [0.15, 0.2) is 0 Å². The second-order valence-electron chi connectivity index (χ2n) is 4.13. The van der Waals surface area contributed by atoms with E-state index in [1.807, 2.05) is 13.8 Å². The first-order valence-corrected chi connectivity index (χ1v) is 8.83. The molecule has 5 nitrogen and oxygen atoms in total. The van der Waals surface area contributed by atoms with Crippen LogP contribution < -0.4 is 5.32 Å². The summed E-state index contributed by atoms with van der Waals surface area (Å²) in [5.74, 6) is -0.291. The second kappa shape index (κ2) is 6.83. The SMILES string of the molecule is CCCNC(=O)CN(C)S(=O)(=O)c1cc(C)c(Br)s1. The Labute approximate surface area is 126 Å². The predicted octanol–water partition coefficient (Wildman–Crippen LogP) is 1.97. The lowest BCUT2D eigenvalue weighted by Gasteiger charge is -2.15. The summed E-state index contributed by atoms with van der Waals surface area (Å²) in [5, 5.41) is 2.65. The molecule has 1 aromatic rings. The number of hydrogen-bond donors (Lipinski definition) is 1. The van der Waals surface area contributed by atoms with Crippen molar-refractivity contribution in [1.29, 1.82) is 0 Å². The maximum atomic E-state index is 12.2. The Hall–Kier alpha value is -0.440. The highest BCUT2D eigenvalue weighted by Gasteiger charge is 2.25. The summed E-state index contributed by atoms with van der Waals surface area (Å²) in [7, 11) is -2.19. The number of thiophene rings is 1. The molecule has 1 rings (SSSR count). The Bertz CT molecular complexity index is 535. The highest BCUT2D eigenvalue weighted by atomic mass is 79.9. The number of carbonyl (C=O) groups is 1. The number of nitrogens with zero attached hydrogens (tertiary/aromatic N) is 1. The highest BCUT2D eigenvalue weighted by Crippen LogP contribution is 2.31. The van der Waals surface area contributed by atoms with E-state index in [0.29, 0.717) is 6.54 Å². The molecule has 1 N–H and O–H groups in total. The molecule has 0 aromatic carbocycles. The van der Waals surface area contributed by atoms with Gasteiger partial charge in [0.05, 0.1) is 10.3 Å². The number of halogens is 1. The molecule has 19 heavy (non-hydrogen) atoms. The highest BCUT2D eigenvalue weighted by molar-refractivity contribution is 9.11. The standard InChI is InChI=1S/C11H17BrN2O3S2/c1-4-5-13-9(15)7-14(3)19(16,17)10-6-8(2)11(12)18-10/h6H,4-5,7H2,1-3H3,(H,13,15). The van der Waals surface area contributed by atoms with Crippen molar-refractivity contribution in [3.8, 4) is 0 Å². The van der Waals surface area contributed by atoms with Crippen LogP contribution in [0.3, 0.4) is 0 Å². The first-order chi connectivity index (χ1) is 8.78. The molecule has 0 unspecified atom stereocenters. The molecule has 0 aliphatic carbocycles. The molecule has 0 radical (unpaired) electrons. The van der Waals surface area contributed by atoms with Crippen molar-refractivity contribution in [2.75, 3.05) is 20.1 Å². The van der Waals surface area contributed by atoms with Crippen LogP contribution in [0.25, 0.3) is 0 Å². The van der Waals surface area contributed by atoms with Crippen LogP contribution in [0.5, 0.6) is 0 Å². The fourth-order valence-corrected chi connectivity index (χ4v) is 4.88. The molecule has 0 aliphatic rings. The number of amides is 1. The molecule has 0 bridgehead atoms. The molecule has 0 saturated carbocycles. The third kappa shape index (κ3) is 4.27. The zero-order valence-corrected chi connectivity index (χ0v) is 14.3. The average molecular weight is 369 g/mol. The molecule has 0 fully saturated rings. The largest absolute Gasteiger partial charge is 0.355 e. The lowest BCUT2D eigenvalue weighted by molar-refractivity contribution is -0.121. The van der Waals surface area contributed by atoms with Gasteiger partial charge in [-0.3, -0.25) is 4.79 Å². The van der Waals surface area contributed by atoms with Crippen LogP contribution in [-0.2, 0) is 14.8 Å². The van der Waals surface area contributed by atoms with Crippen molar-refractivity contribution in [3.63, 3.8) is 0 Å². The number of nitrogens with one attached hydrogen (secondary N) is 1. The minimum atomic E-state index is -3.60. The van der Waals surface area contributed by atoms with Gasteiger partial charge >= 0.3 is 0 Å². The predicted molar refractivity (Wildman–Crippen MR) is 79.9 cm³/mol. The van der Waals surface area contributed by atoms with Gasteiger partial charge in [0.1, 0.15) is 4.21 Å². The summed E-state index contributed by atoms with van der Waals surface area (Å²) in [6, 6.07) is 1.60. The van der Waals surface area contributed by atoms with E-state index >= 15 is 0 Å². The summed E-state index contributed by atoms with van der Waals surface area (Å²) in [6.07, 6.45) is 0.819. The first-order valence-electron chi connectivity index (χ1n) is 5.78. The van der Waals surface area contributed by atoms with Crippen LogP contribution in [0, 0.1) is 6.92 Å². The van der Waals surface area contributed by atoms with E-state index in [2.05, 4.69) is 21.2 Å². The van der Waals surface area contributed by atoms with E-state index < -0.39 is 10.0 Å². The number of sulfonamides is 1. The van der Waals surface area contributed by atoms with E-state index in [0.717, 1.165) is 31.4 Å². The zero-order chi connectivity index (χ0) is 14.6. The molecule has 0 atom stereocenters. The molecule has 108 valence electrons. The van der Waals surface area contributed by atoms with Crippen LogP contribution in [0.4, 0.5) is 0 Å². The van der Waals surface area contributed by atoms with Crippen molar-refractivity contribution >= 4 is 43.2 Å². The maximum absolute atomic E-state index is 12.2. The van der Waals surface area contributed by atoms with Gasteiger partial charge in [-0.2, -0.15) is 4.31 Å². The van der Waals surface area contributed by atoms with E-state index in [1.165, 1.54) is 7.05 Å². The van der Waals surface area contributed by atoms with Crippen molar-refractivity contribution in [2.24, 2.45) is 0 Å². The van der Waals surface area contributed by atoms with E-state index in [4.69, 9.17) is 0 Å². The third-order valence-electron chi connectivity index (χ3n) is 2.44. The Morgan fingerprint density at radius 1 is 1.53 bits per heavy atom. The number of likely N-dealkylation sites (N-methyl/N-ethyl adjacent to an activating group) is 1. The van der Waals surface area contributed by atoms with Gasteiger partial charge < -0.3 is 5.32 Å². The number of carbonyl (C=O) groups excluding carboxylic acids is 1. The molecule has 1 heterocycles. The monoisotopic (exact) mass is 368 g/mol. The summed E-state index contributed by atoms with van der Waals surface area (Å²) in [5.41, 5.74) is 0.868. The fourth-order valence-electron chi connectivity index (χ4n) is 1.32. The fraction of sp³-hybridized carbons (Fsp3) is 0.545. The second-order valence-corrected chi connectivity index (χ2v) is 8.78. The number of rotatable bonds is 6. The summed E-state index contributed by atoms with van der Waals surface area (Å²) < 4.78 is 26.6. The zero-order valence-electron chi connectivity index (χ0n) is 11.1. The van der Waals surface area contributed by atoms with Crippen molar-refractivity contribution in [2.45, 2.75) is 24.5 Å². The molecule has 1 amide bonds. The minimum Gasteiger partial charge on any atom is -0.355 e. The first kappa shape index (κ1) is 16.6. The Balaban J connectivity index is 2.80. The maximum Gasteiger partial charge on any atom is 0.252 e. The van der Waals surface area contributed by atoms with Gasteiger partial charge in [0.25, 0.3) is 10.0 Å². The van der Waals surface area contributed by atoms with Crippen molar-refractivity contribution in [3.05, 3.63) is 15.4 Å². The van der Waals surface area contributed by atoms with E-state index in [-0.39, 0.29) is 16.7 Å². The average Bonchev–Trinajstić information content (AvgIpc) is 2.67. The molecule has 8 heteroatoms. The summed E-state index contributed by atoms with van der Waals surface area (Å²) >= 11 is 4.45. The normalized spacial score (nSPS) is 11.8. The lowest BCUT2D eigenvalue weighted by Crippen LogP contribution is -2.38. The number of hydrogen-bond acceptors (Lipinski definition) is 4. The Kier molecular flexibility index (Phi) is 5.97. The lowest BCUT2D eigenvalue weighted by atomic mass is 10.4. The molecular formula is C11H17BrN2O3S2. The Morgan fingerprint density at radius 2 is 2.16 bits per heavy atom. The van der Waals surface area contributed by atoms with Crippen molar-refractivity contribution < 1.29 is 13.2 Å². The Morgan fingerprint density at radius 3 is 2.63 bits per heavy atom. The molecule has 1 aromatic heterocycles. The smallest absolute Gasteiger partial charge is 0.252 e. The van der Waals surface area contributed by atoms with Crippen LogP contribution in [0.2, 0.25) is 0 Å². The quantitative estimate of drug-likeness (QED) is 0.834. The van der Waals surface area contributed by atoms with Crippen LogP contribution in [0.15, 0.2) is 14.1 Å². The van der Waals surface area contributed by atoms with Crippen LogP contribution >= 0.6 is 27.3 Å². The third-order valence-corrected chi connectivity index (χ3v) is 6.83. The van der Waals surface area contributed by atoms with E-state index in [9.17, 15) is 13.2 Å². The van der Waals surface area contributed by atoms with Gasteiger partial charge in [-0.15, -0.1) is 11.3 Å². The van der Waals surface area contributed by atoms with Gasteiger partial charge in [0, 0.05) is 13.6 Å². The van der Waals surface area contributed by atoms with Crippen LogP contribution in [0.1, 0.15) is 18.9 Å². The summed E-state index contributed by atoms with van der Waals surface area (Å²) in [4.78, 5) is 11.5. The van der Waals surface area contributed by atoms with Gasteiger partial charge in [-0.05, 0) is 40.9 Å². The topological polar surface area (TPSA) is 66.5 Å². The molecular weight excluding hydrogens is 352 g/mol. The molecule has 0 saturated heterocycles. The minimum absolute atomic E-state index is 0.170.